The summed E-state index contributed by atoms with van der Waals surface area (Å²) in [6.07, 6.45) is 0. The molecule has 1 N–H and O–H groups in total. The van der Waals surface area contributed by atoms with Crippen LogP contribution < -0.4 is 0 Å². The Hall–Kier alpha value is -1.05. The van der Waals surface area contributed by atoms with Crippen molar-refractivity contribution in [2.24, 2.45) is 4.99 Å². The summed E-state index contributed by atoms with van der Waals surface area (Å²) >= 11 is 0. The van der Waals surface area contributed by atoms with Crippen molar-refractivity contribution in [2.45, 2.75) is 6.54 Å². The monoisotopic (exact) mass is 367 g/mol. The highest BCUT2D eigenvalue weighted by Gasteiger charge is 2.05. The summed E-state index contributed by atoms with van der Waals surface area (Å²) in [5.74, 6) is -0.148. The molecule has 0 aliphatic rings. The van der Waals surface area contributed by atoms with Crippen LogP contribution in [0.5, 0.6) is 5.75 Å². The maximum atomic E-state index is 13.1. The van der Waals surface area contributed by atoms with Crippen LogP contribution in [0.15, 0.2) is 23.2 Å². The van der Waals surface area contributed by atoms with Gasteiger partial charge in [-0.15, -0.1) is 24.0 Å². The van der Waals surface area contributed by atoms with Crippen LogP contribution in [0.4, 0.5) is 4.39 Å². The molecule has 0 bridgehead atoms. The zero-order valence-corrected chi connectivity index (χ0v) is 13.3. The first kappa shape index (κ1) is 16.9. The van der Waals surface area contributed by atoms with Gasteiger partial charge in [-0.25, -0.2) is 9.38 Å². The SMILES string of the molecule is CN(C)C(=NCc1ccc(O)c(F)c1)N(C)C.I. The first-order valence-corrected chi connectivity index (χ1v) is 5.28. The van der Waals surface area contributed by atoms with Gasteiger partial charge < -0.3 is 14.9 Å². The largest absolute Gasteiger partial charge is 0.505 e. The first-order valence-electron chi connectivity index (χ1n) is 5.28. The molecule has 0 amide bonds. The van der Waals surface area contributed by atoms with Crippen LogP contribution in [0.2, 0.25) is 0 Å². The number of phenolic OH excluding ortho intramolecular Hbond substituents is 1. The predicted octanol–water partition coefficient (Wildman–Crippen LogP) is 2.13. The van der Waals surface area contributed by atoms with Crippen LogP contribution in [-0.2, 0) is 6.54 Å². The Balaban J connectivity index is 0.00000289. The molecule has 0 heterocycles. The molecule has 1 rings (SSSR count). The minimum atomic E-state index is -0.617. The molecule has 0 saturated heterocycles. The molecule has 0 aliphatic carbocycles. The summed E-state index contributed by atoms with van der Waals surface area (Å²) in [5, 5.41) is 9.07. The van der Waals surface area contributed by atoms with E-state index in [2.05, 4.69) is 4.99 Å². The number of halogens is 2. The Morgan fingerprint density at radius 3 is 2.22 bits per heavy atom. The van der Waals surface area contributed by atoms with Gasteiger partial charge in [-0.3, -0.25) is 0 Å². The average molecular weight is 367 g/mol. The lowest BCUT2D eigenvalue weighted by Crippen LogP contribution is -2.35. The topological polar surface area (TPSA) is 39.1 Å². The van der Waals surface area contributed by atoms with Crippen LogP contribution >= 0.6 is 24.0 Å². The molecular weight excluding hydrogens is 348 g/mol. The summed E-state index contributed by atoms with van der Waals surface area (Å²) in [6, 6.07) is 4.29. The number of hydrogen-bond donors (Lipinski definition) is 1. The molecule has 0 aromatic heterocycles. The quantitative estimate of drug-likeness (QED) is 0.495. The lowest BCUT2D eigenvalue weighted by molar-refractivity contribution is 0.431. The molecule has 1 aromatic rings. The maximum Gasteiger partial charge on any atom is 0.195 e. The fourth-order valence-corrected chi connectivity index (χ4v) is 1.49. The summed E-state index contributed by atoms with van der Waals surface area (Å²) < 4.78 is 13.1. The highest BCUT2D eigenvalue weighted by molar-refractivity contribution is 14.0. The van der Waals surface area contributed by atoms with E-state index in [1.807, 2.05) is 38.0 Å². The van der Waals surface area contributed by atoms with Gasteiger partial charge >= 0.3 is 0 Å². The van der Waals surface area contributed by atoms with Crippen molar-refractivity contribution in [3.8, 4) is 5.75 Å². The average Bonchev–Trinajstić information content (AvgIpc) is 2.22. The normalized spacial score (nSPS) is 9.39. The number of rotatable bonds is 2. The molecule has 0 aliphatic heterocycles. The molecule has 6 heteroatoms. The van der Waals surface area contributed by atoms with Gasteiger partial charge in [0, 0.05) is 28.2 Å². The third kappa shape index (κ3) is 4.67. The van der Waals surface area contributed by atoms with Crippen molar-refractivity contribution in [2.75, 3.05) is 28.2 Å². The molecule has 0 fully saturated rings. The lowest BCUT2D eigenvalue weighted by atomic mass is 10.2. The molecule has 0 atom stereocenters. The van der Waals surface area contributed by atoms with Crippen LogP contribution in [0.1, 0.15) is 5.56 Å². The third-order valence-corrected chi connectivity index (χ3v) is 2.22. The highest BCUT2D eigenvalue weighted by Crippen LogP contribution is 2.16. The van der Waals surface area contributed by atoms with Crippen LogP contribution in [0, 0.1) is 5.82 Å². The van der Waals surface area contributed by atoms with E-state index in [1.54, 1.807) is 6.07 Å². The van der Waals surface area contributed by atoms with Crippen molar-refractivity contribution < 1.29 is 9.50 Å². The van der Waals surface area contributed by atoms with Gasteiger partial charge in [0.2, 0.25) is 0 Å². The number of phenols is 1. The van der Waals surface area contributed by atoms with Crippen LogP contribution in [0.25, 0.3) is 0 Å². The standard InChI is InChI=1S/C12H18FN3O.HI/c1-15(2)12(16(3)4)14-8-9-5-6-11(17)10(13)7-9;/h5-7,17H,8H2,1-4H3;1H. The predicted molar refractivity (Wildman–Crippen MR) is 82.0 cm³/mol. The Kier molecular flexibility index (Phi) is 6.97. The van der Waals surface area contributed by atoms with Crippen molar-refractivity contribution in [1.29, 1.82) is 0 Å². The van der Waals surface area contributed by atoms with Crippen molar-refractivity contribution in [1.82, 2.24) is 9.80 Å². The highest BCUT2D eigenvalue weighted by atomic mass is 127. The molecule has 0 unspecified atom stereocenters. The summed E-state index contributed by atoms with van der Waals surface area (Å²) in [5.41, 5.74) is 0.724. The number of aliphatic imine (C=N–C) groups is 1. The number of aromatic hydroxyl groups is 1. The lowest BCUT2D eigenvalue weighted by Gasteiger charge is -2.22. The molecular formula is C12H19FIN3O. The van der Waals surface area contributed by atoms with Gasteiger partial charge in [0.25, 0.3) is 0 Å². The molecule has 18 heavy (non-hydrogen) atoms. The third-order valence-electron chi connectivity index (χ3n) is 2.22. The Labute approximate surface area is 124 Å². The summed E-state index contributed by atoms with van der Waals surface area (Å²) in [4.78, 5) is 8.16. The van der Waals surface area contributed by atoms with Gasteiger partial charge in [-0.05, 0) is 17.7 Å². The number of nitrogens with zero attached hydrogens (tertiary/aromatic N) is 3. The fourth-order valence-electron chi connectivity index (χ4n) is 1.49. The second-order valence-corrected chi connectivity index (χ2v) is 4.19. The van der Waals surface area contributed by atoms with Gasteiger partial charge in [0.05, 0.1) is 6.54 Å². The number of benzene rings is 1. The van der Waals surface area contributed by atoms with Gasteiger partial charge in [0.1, 0.15) is 0 Å². The zero-order valence-electron chi connectivity index (χ0n) is 11.0. The number of hydrogen-bond acceptors (Lipinski definition) is 2. The van der Waals surface area contributed by atoms with Crippen LogP contribution in [0.3, 0.4) is 0 Å². The Morgan fingerprint density at radius 1 is 1.22 bits per heavy atom. The Morgan fingerprint density at radius 2 is 1.78 bits per heavy atom. The van der Waals surface area contributed by atoms with E-state index < -0.39 is 5.82 Å². The smallest absolute Gasteiger partial charge is 0.195 e. The van der Waals surface area contributed by atoms with Gasteiger partial charge in [0.15, 0.2) is 17.5 Å². The molecule has 1 aromatic carbocycles. The van der Waals surface area contributed by atoms with Crippen LogP contribution in [-0.4, -0.2) is 49.1 Å². The van der Waals surface area contributed by atoms with E-state index in [-0.39, 0.29) is 29.7 Å². The van der Waals surface area contributed by atoms with Crippen molar-refractivity contribution in [3.63, 3.8) is 0 Å². The van der Waals surface area contributed by atoms with Crippen molar-refractivity contribution in [3.05, 3.63) is 29.6 Å². The van der Waals surface area contributed by atoms with E-state index in [4.69, 9.17) is 5.11 Å². The minimum absolute atomic E-state index is 0. The molecule has 4 nitrogen and oxygen atoms in total. The molecule has 0 radical (unpaired) electrons. The minimum Gasteiger partial charge on any atom is -0.505 e. The van der Waals surface area contributed by atoms with E-state index in [9.17, 15) is 4.39 Å². The second-order valence-electron chi connectivity index (χ2n) is 4.19. The summed E-state index contributed by atoms with van der Waals surface area (Å²) in [7, 11) is 7.60. The second kappa shape index (κ2) is 7.40. The van der Waals surface area contributed by atoms with E-state index in [0.717, 1.165) is 11.5 Å². The first-order chi connectivity index (χ1) is 7.91. The summed E-state index contributed by atoms with van der Waals surface area (Å²) in [6.45, 7) is 0.378. The fraction of sp³-hybridized carbons (Fsp3) is 0.417. The van der Waals surface area contributed by atoms with Gasteiger partial charge in [-0.1, -0.05) is 6.07 Å². The van der Waals surface area contributed by atoms with Gasteiger partial charge in [-0.2, -0.15) is 0 Å². The van der Waals surface area contributed by atoms with E-state index in [0.29, 0.717) is 6.54 Å². The zero-order chi connectivity index (χ0) is 13.0. The van der Waals surface area contributed by atoms with Crippen molar-refractivity contribution >= 4 is 29.9 Å². The molecule has 0 saturated carbocycles. The Bertz CT molecular complexity index is 412. The molecule has 102 valence electrons. The molecule has 0 spiro atoms. The maximum absolute atomic E-state index is 13.1. The van der Waals surface area contributed by atoms with E-state index >= 15 is 0 Å². The number of guanidine groups is 1. The van der Waals surface area contributed by atoms with E-state index in [1.165, 1.54) is 12.1 Å².